The highest BCUT2D eigenvalue weighted by atomic mass is 19.4. The molecule has 2 aromatic carbocycles. The zero-order valence-electron chi connectivity index (χ0n) is 15.7. The molecule has 0 aliphatic carbocycles. The van der Waals surface area contributed by atoms with E-state index in [-0.39, 0.29) is 5.56 Å². The van der Waals surface area contributed by atoms with Crippen molar-refractivity contribution in [1.82, 2.24) is 0 Å². The standard InChI is InChI=1S/C20H22BF3O3/c1-18(2)19(3,4)27-21(26-18)16-10-8-13(9-11-16)17(25)14-6-5-7-15(12-14)20(22,23)24/h5-12,17,25H,1-4H3/t17-/m0/s1. The van der Waals surface area contributed by atoms with Crippen LogP contribution in [0.1, 0.15) is 50.5 Å². The average molecular weight is 378 g/mol. The van der Waals surface area contributed by atoms with Gasteiger partial charge < -0.3 is 14.4 Å². The minimum absolute atomic E-state index is 0.188. The van der Waals surface area contributed by atoms with Gasteiger partial charge in [-0.15, -0.1) is 0 Å². The monoisotopic (exact) mass is 378 g/mol. The van der Waals surface area contributed by atoms with Crippen molar-refractivity contribution < 1.29 is 27.6 Å². The Bertz CT molecular complexity index is 800. The molecule has 1 heterocycles. The van der Waals surface area contributed by atoms with E-state index in [0.717, 1.165) is 17.6 Å². The molecule has 1 atom stereocenters. The smallest absolute Gasteiger partial charge is 0.399 e. The lowest BCUT2D eigenvalue weighted by Gasteiger charge is -2.32. The third-order valence-corrected chi connectivity index (χ3v) is 5.31. The van der Waals surface area contributed by atoms with E-state index in [0.29, 0.717) is 5.56 Å². The molecule has 1 aliphatic heterocycles. The molecule has 3 rings (SSSR count). The van der Waals surface area contributed by atoms with E-state index in [1.54, 1.807) is 24.3 Å². The first-order chi connectivity index (χ1) is 12.4. The summed E-state index contributed by atoms with van der Waals surface area (Å²) in [4.78, 5) is 0. The van der Waals surface area contributed by atoms with Crippen LogP contribution in [0.15, 0.2) is 48.5 Å². The number of alkyl halides is 3. The predicted molar refractivity (Wildman–Crippen MR) is 97.7 cm³/mol. The third kappa shape index (κ3) is 3.90. The molecule has 7 heteroatoms. The highest BCUT2D eigenvalue weighted by Gasteiger charge is 2.51. The van der Waals surface area contributed by atoms with Gasteiger partial charge in [-0.1, -0.05) is 36.4 Å². The molecular weight excluding hydrogens is 356 g/mol. The van der Waals surface area contributed by atoms with Gasteiger partial charge in [-0.05, 0) is 56.4 Å². The van der Waals surface area contributed by atoms with Crippen molar-refractivity contribution in [3.63, 3.8) is 0 Å². The Hall–Kier alpha value is -1.83. The molecule has 1 saturated heterocycles. The summed E-state index contributed by atoms with van der Waals surface area (Å²) in [6.07, 6.45) is -5.60. The highest BCUT2D eigenvalue weighted by Crippen LogP contribution is 2.36. The van der Waals surface area contributed by atoms with Gasteiger partial charge in [0.25, 0.3) is 0 Å². The quantitative estimate of drug-likeness (QED) is 0.818. The van der Waals surface area contributed by atoms with Gasteiger partial charge in [-0.2, -0.15) is 13.2 Å². The van der Waals surface area contributed by atoms with Crippen molar-refractivity contribution in [3.05, 3.63) is 65.2 Å². The maximum Gasteiger partial charge on any atom is 0.494 e. The summed E-state index contributed by atoms with van der Waals surface area (Å²) in [5.74, 6) is 0. The van der Waals surface area contributed by atoms with Crippen LogP contribution in [-0.4, -0.2) is 23.4 Å². The first-order valence-electron chi connectivity index (χ1n) is 8.71. The molecule has 0 saturated carbocycles. The minimum atomic E-state index is -4.45. The van der Waals surface area contributed by atoms with E-state index < -0.39 is 36.2 Å². The van der Waals surface area contributed by atoms with E-state index in [4.69, 9.17) is 9.31 Å². The molecule has 1 N–H and O–H groups in total. The largest absolute Gasteiger partial charge is 0.494 e. The van der Waals surface area contributed by atoms with Gasteiger partial charge in [0, 0.05) is 0 Å². The molecule has 144 valence electrons. The number of aliphatic hydroxyl groups excluding tert-OH is 1. The molecule has 1 aliphatic rings. The van der Waals surface area contributed by atoms with Crippen LogP contribution in [-0.2, 0) is 15.5 Å². The fourth-order valence-electron chi connectivity index (χ4n) is 2.89. The van der Waals surface area contributed by atoms with Crippen molar-refractivity contribution >= 4 is 12.6 Å². The average Bonchev–Trinajstić information content (AvgIpc) is 2.81. The van der Waals surface area contributed by atoms with Crippen molar-refractivity contribution in [2.75, 3.05) is 0 Å². The maximum atomic E-state index is 12.9. The Morgan fingerprint density at radius 3 is 1.96 bits per heavy atom. The number of benzene rings is 2. The van der Waals surface area contributed by atoms with Crippen LogP contribution in [0.4, 0.5) is 13.2 Å². The Balaban J connectivity index is 1.80. The second-order valence-electron chi connectivity index (χ2n) is 7.78. The first-order valence-corrected chi connectivity index (χ1v) is 8.71. The van der Waals surface area contributed by atoms with Crippen LogP contribution in [0.3, 0.4) is 0 Å². The lowest BCUT2D eigenvalue weighted by molar-refractivity contribution is -0.137. The molecule has 0 amide bonds. The van der Waals surface area contributed by atoms with Gasteiger partial charge in [0.2, 0.25) is 0 Å². The number of hydrogen-bond donors (Lipinski definition) is 1. The zero-order chi connectivity index (χ0) is 20.0. The molecule has 0 unspecified atom stereocenters. The number of aliphatic hydroxyl groups is 1. The molecular formula is C20H22BF3O3. The lowest BCUT2D eigenvalue weighted by Crippen LogP contribution is -2.41. The molecule has 0 spiro atoms. The van der Waals surface area contributed by atoms with E-state index in [9.17, 15) is 18.3 Å². The van der Waals surface area contributed by atoms with Crippen molar-refractivity contribution in [3.8, 4) is 0 Å². The minimum Gasteiger partial charge on any atom is -0.399 e. The summed E-state index contributed by atoms with van der Waals surface area (Å²) in [7, 11) is -0.533. The molecule has 27 heavy (non-hydrogen) atoms. The number of hydrogen-bond acceptors (Lipinski definition) is 3. The SMILES string of the molecule is CC1(C)OB(c2ccc([C@H](O)c3cccc(C(F)(F)F)c3)cc2)OC1(C)C. The van der Waals surface area contributed by atoms with Crippen molar-refractivity contribution in [2.45, 2.75) is 51.2 Å². The molecule has 0 aromatic heterocycles. The van der Waals surface area contributed by atoms with Crippen LogP contribution in [0.5, 0.6) is 0 Å². The Labute approximate surface area is 157 Å². The summed E-state index contributed by atoms with van der Waals surface area (Å²) in [5.41, 5.74) is -0.244. The molecule has 1 fully saturated rings. The maximum absolute atomic E-state index is 12.9. The fraction of sp³-hybridized carbons (Fsp3) is 0.400. The normalized spacial score (nSPS) is 19.9. The second kappa shape index (κ2) is 6.65. The summed E-state index contributed by atoms with van der Waals surface area (Å²) in [5, 5.41) is 10.5. The van der Waals surface area contributed by atoms with Gasteiger partial charge in [0.05, 0.1) is 16.8 Å². The van der Waals surface area contributed by atoms with Crippen LogP contribution in [0, 0.1) is 0 Å². The summed E-state index contributed by atoms with van der Waals surface area (Å²) in [6.45, 7) is 7.83. The number of halogens is 3. The molecule has 3 nitrogen and oxygen atoms in total. The van der Waals surface area contributed by atoms with Crippen LogP contribution >= 0.6 is 0 Å². The van der Waals surface area contributed by atoms with E-state index in [1.807, 2.05) is 27.7 Å². The fourth-order valence-corrected chi connectivity index (χ4v) is 2.89. The van der Waals surface area contributed by atoms with Crippen LogP contribution < -0.4 is 5.46 Å². The summed E-state index contributed by atoms with van der Waals surface area (Å²) < 4.78 is 50.6. The van der Waals surface area contributed by atoms with Crippen molar-refractivity contribution in [2.24, 2.45) is 0 Å². The topological polar surface area (TPSA) is 38.7 Å². The van der Waals surface area contributed by atoms with Gasteiger partial charge in [0.1, 0.15) is 6.10 Å². The highest BCUT2D eigenvalue weighted by molar-refractivity contribution is 6.62. The van der Waals surface area contributed by atoms with E-state index >= 15 is 0 Å². The first kappa shape index (κ1) is 19.9. The lowest BCUT2D eigenvalue weighted by atomic mass is 9.78. The van der Waals surface area contributed by atoms with Gasteiger partial charge in [-0.3, -0.25) is 0 Å². The molecule has 0 bridgehead atoms. The molecule has 0 radical (unpaired) electrons. The van der Waals surface area contributed by atoms with Crippen LogP contribution in [0.2, 0.25) is 0 Å². The Morgan fingerprint density at radius 2 is 1.44 bits per heavy atom. The van der Waals surface area contributed by atoms with Gasteiger partial charge in [-0.25, -0.2) is 0 Å². The van der Waals surface area contributed by atoms with Gasteiger partial charge >= 0.3 is 13.3 Å². The third-order valence-electron chi connectivity index (χ3n) is 5.31. The zero-order valence-corrected chi connectivity index (χ0v) is 15.7. The molecule has 2 aromatic rings. The van der Waals surface area contributed by atoms with Crippen LogP contribution in [0.25, 0.3) is 0 Å². The van der Waals surface area contributed by atoms with Gasteiger partial charge in [0.15, 0.2) is 0 Å². The summed E-state index contributed by atoms with van der Waals surface area (Å²) >= 11 is 0. The summed E-state index contributed by atoms with van der Waals surface area (Å²) in [6, 6.07) is 11.6. The second-order valence-corrected chi connectivity index (χ2v) is 7.78. The Kier molecular flexibility index (Phi) is 4.91. The van der Waals surface area contributed by atoms with E-state index in [1.165, 1.54) is 12.1 Å². The Morgan fingerprint density at radius 1 is 0.889 bits per heavy atom. The predicted octanol–water partition coefficient (Wildman–Crippen LogP) is 4.09. The van der Waals surface area contributed by atoms with E-state index in [2.05, 4.69) is 0 Å². The van der Waals surface area contributed by atoms with Crippen molar-refractivity contribution in [1.29, 1.82) is 0 Å². The number of rotatable bonds is 3.